The van der Waals surface area contributed by atoms with Crippen LogP contribution < -0.4 is 5.32 Å². The van der Waals surface area contributed by atoms with Gasteiger partial charge >= 0.3 is 0 Å². The highest BCUT2D eigenvalue weighted by molar-refractivity contribution is 6.31. The molecule has 1 atom stereocenters. The lowest BCUT2D eigenvalue weighted by molar-refractivity contribution is -0.122. The molecule has 1 N–H and O–H groups in total. The molecule has 0 saturated carbocycles. The Bertz CT molecular complexity index is 716. The molecule has 0 spiro atoms. The van der Waals surface area contributed by atoms with Gasteiger partial charge in [-0.3, -0.25) is 9.69 Å². The van der Waals surface area contributed by atoms with Gasteiger partial charge in [0.2, 0.25) is 5.91 Å². The highest BCUT2D eigenvalue weighted by atomic mass is 35.5. The molecule has 3 nitrogen and oxygen atoms in total. The predicted molar refractivity (Wildman–Crippen MR) is 98.0 cm³/mol. The molecular formula is C20H23ClN2O. The molecule has 1 unspecified atom stereocenters. The van der Waals surface area contributed by atoms with Crippen molar-refractivity contribution in [2.24, 2.45) is 0 Å². The molecule has 0 bridgehead atoms. The molecule has 1 amide bonds. The van der Waals surface area contributed by atoms with Crippen molar-refractivity contribution >= 4 is 17.5 Å². The predicted octanol–water partition coefficient (Wildman–Crippen LogP) is 3.97. The van der Waals surface area contributed by atoms with E-state index in [1.807, 2.05) is 31.3 Å². The highest BCUT2D eigenvalue weighted by Crippen LogP contribution is 2.33. The number of rotatable bonds is 5. The summed E-state index contributed by atoms with van der Waals surface area (Å²) in [5.41, 5.74) is 3.72. The number of carbonyl (C=O) groups excluding carboxylic acids is 1. The number of aryl methyl sites for hydroxylation is 1. The van der Waals surface area contributed by atoms with E-state index in [0.717, 1.165) is 18.4 Å². The van der Waals surface area contributed by atoms with Gasteiger partial charge in [-0.1, -0.05) is 54.1 Å². The minimum absolute atomic E-state index is 0.0282. The molecule has 0 heterocycles. The number of hydrogen-bond acceptors (Lipinski definition) is 2. The molecule has 1 aliphatic carbocycles. The Labute approximate surface area is 148 Å². The Hall–Kier alpha value is -1.84. The molecule has 0 aliphatic heterocycles. The molecular weight excluding hydrogens is 320 g/mol. The summed E-state index contributed by atoms with van der Waals surface area (Å²) in [6.07, 6.45) is 3.41. The van der Waals surface area contributed by atoms with E-state index in [0.29, 0.717) is 24.2 Å². The van der Waals surface area contributed by atoms with Crippen molar-refractivity contribution in [2.75, 3.05) is 13.6 Å². The Morgan fingerprint density at radius 3 is 2.79 bits per heavy atom. The zero-order valence-corrected chi connectivity index (χ0v) is 14.7. The molecule has 2 aromatic rings. The summed E-state index contributed by atoms with van der Waals surface area (Å²) in [7, 11) is 2.03. The van der Waals surface area contributed by atoms with Crippen LogP contribution in [0.4, 0.5) is 0 Å². The third kappa shape index (κ3) is 3.97. The molecule has 0 fully saturated rings. The highest BCUT2D eigenvalue weighted by Gasteiger charge is 2.24. The molecule has 0 radical (unpaired) electrons. The first-order valence-electron chi connectivity index (χ1n) is 8.43. The van der Waals surface area contributed by atoms with Gasteiger partial charge in [0, 0.05) is 17.6 Å². The molecule has 0 aromatic heterocycles. The van der Waals surface area contributed by atoms with Crippen molar-refractivity contribution < 1.29 is 4.79 Å². The average Bonchev–Trinajstić information content (AvgIpc) is 2.60. The monoisotopic (exact) mass is 342 g/mol. The number of amides is 1. The van der Waals surface area contributed by atoms with Crippen LogP contribution in [0.3, 0.4) is 0 Å². The number of likely N-dealkylation sites (N-methyl/N-ethyl adjacent to an activating group) is 1. The maximum atomic E-state index is 12.3. The van der Waals surface area contributed by atoms with Crippen LogP contribution in [-0.2, 0) is 17.8 Å². The molecule has 126 valence electrons. The standard InChI is InChI=1S/C20H23ClN2O/c1-23(19-12-6-9-15-7-2-4-10-17(15)19)14-20(24)22-13-16-8-3-5-11-18(16)21/h2-5,7-8,10-11,19H,6,9,12-14H2,1H3,(H,22,24). The van der Waals surface area contributed by atoms with E-state index < -0.39 is 0 Å². The zero-order valence-electron chi connectivity index (χ0n) is 14.0. The lowest BCUT2D eigenvalue weighted by Gasteiger charge is -2.32. The maximum Gasteiger partial charge on any atom is 0.234 e. The van der Waals surface area contributed by atoms with Gasteiger partial charge in [-0.05, 0) is 49.1 Å². The summed E-state index contributed by atoms with van der Waals surface area (Å²) >= 11 is 6.13. The first-order chi connectivity index (χ1) is 11.6. The third-order valence-corrected chi connectivity index (χ3v) is 5.07. The van der Waals surface area contributed by atoms with Gasteiger partial charge in [0.15, 0.2) is 0 Å². The van der Waals surface area contributed by atoms with E-state index in [9.17, 15) is 4.79 Å². The van der Waals surface area contributed by atoms with Crippen LogP contribution in [0.25, 0.3) is 0 Å². The van der Waals surface area contributed by atoms with Gasteiger partial charge in [-0.25, -0.2) is 0 Å². The van der Waals surface area contributed by atoms with E-state index in [2.05, 4.69) is 34.5 Å². The van der Waals surface area contributed by atoms with Crippen LogP contribution >= 0.6 is 11.6 Å². The molecule has 0 saturated heterocycles. The number of fused-ring (bicyclic) bond motifs is 1. The van der Waals surface area contributed by atoms with E-state index in [1.165, 1.54) is 17.5 Å². The van der Waals surface area contributed by atoms with Crippen LogP contribution in [0.15, 0.2) is 48.5 Å². The van der Waals surface area contributed by atoms with E-state index >= 15 is 0 Å². The van der Waals surface area contributed by atoms with Gasteiger partial charge in [0.1, 0.15) is 0 Å². The molecule has 24 heavy (non-hydrogen) atoms. The number of halogens is 1. The van der Waals surface area contributed by atoms with Crippen LogP contribution in [0, 0.1) is 0 Å². The minimum atomic E-state index is 0.0282. The Morgan fingerprint density at radius 2 is 1.96 bits per heavy atom. The van der Waals surface area contributed by atoms with Gasteiger partial charge < -0.3 is 5.32 Å². The quantitative estimate of drug-likeness (QED) is 0.891. The summed E-state index contributed by atoms with van der Waals surface area (Å²) in [4.78, 5) is 14.4. The number of nitrogens with zero attached hydrogens (tertiary/aromatic N) is 1. The van der Waals surface area contributed by atoms with Crippen molar-refractivity contribution in [1.29, 1.82) is 0 Å². The summed E-state index contributed by atoms with van der Waals surface area (Å²) in [6.45, 7) is 0.858. The summed E-state index contributed by atoms with van der Waals surface area (Å²) in [5, 5.41) is 3.66. The number of benzene rings is 2. The van der Waals surface area contributed by atoms with E-state index in [-0.39, 0.29) is 5.91 Å². The molecule has 4 heteroatoms. The van der Waals surface area contributed by atoms with Crippen molar-refractivity contribution in [1.82, 2.24) is 10.2 Å². The molecule has 1 aliphatic rings. The first kappa shape index (κ1) is 17.0. The number of carbonyl (C=O) groups is 1. The van der Waals surface area contributed by atoms with Crippen LogP contribution in [-0.4, -0.2) is 24.4 Å². The van der Waals surface area contributed by atoms with Crippen molar-refractivity contribution in [2.45, 2.75) is 31.8 Å². The maximum absolute atomic E-state index is 12.3. The first-order valence-corrected chi connectivity index (χ1v) is 8.81. The Morgan fingerprint density at radius 1 is 1.21 bits per heavy atom. The fourth-order valence-electron chi connectivity index (χ4n) is 3.41. The zero-order chi connectivity index (χ0) is 16.9. The Kier molecular flexibility index (Phi) is 5.54. The van der Waals surface area contributed by atoms with E-state index in [4.69, 9.17) is 11.6 Å². The number of nitrogens with one attached hydrogen (secondary N) is 1. The lowest BCUT2D eigenvalue weighted by Crippen LogP contribution is -2.37. The summed E-state index contributed by atoms with van der Waals surface area (Å²) in [6, 6.07) is 16.5. The van der Waals surface area contributed by atoms with Crippen molar-refractivity contribution in [3.05, 3.63) is 70.2 Å². The van der Waals surface area contributed by atoms with Crippen molar-refractivity contribution in [3.63, 3.8) is 0 Å². The van der Waals surface area contributed by atoms with Gasteiger partial charge in [-0.2, -0.15) is 0 Å². The third-order valence-electron chi connectivity index (χ3n) is 4.70. The Balaban J connectivity index is 1.58. The van der Waals surface area contributed by atoms with Crippen LogP contribution in [0.1, 0.15) is 35.6 Å². The molecule has 2 aromatic carbocycles. The van der Waals surface area contributed by atoms with Crippen LogP contribution in [0.5, 0.6) is 0 Å². The van der Waals surface area contributed by atoms with Crippen molar-refractivity contribution in [3.8, 4) is 0 Å². The van der Waals surface area contributed by atoms with Crippen LogP contribution in [0.2, 0.25) is 5.02 Å². The second-order valence-electron chi connectivity index (χ2n) is 6.39. The minimum Gasteiger partial charge on any atom is -0.351 e. The second-order valence-corrected chi connectivity index (χ2v) is 6.80. The number of hydrogen-bond donors (Lipinski definition) is 1. The lowest BCUT2D eigenvalue weighted by atomic mass is 9.87. The SMILES string of the molecule is CN(CC(=O)NCc1ccccc1Cl)C1CCCc2ccccc21. The molecule has 3 rings (SSSR count). The topological polar surface area (TPSA) is 32.3 Å². The van der Waals surface area contributed by atoms with Gasteiger partial charge in [0.25, 0.3) is 0 Å². The smallest absolute Gasteiger partial charge is 0.234 e. The average molecular weight is 343 g/mol. The largest absolute Gasteiger partial charge is 0.351 e. The second kappa shape index (κ2) is 7.82. The fraction of sp³-hybridized carbons (Fsp3) is 0.350. The van der Waals surface area contributed by atoms with Gasteiger partial charge in [0.05, 0.1) is 6.54 Å². The van der Waals surface area contributed by atoms with E-state index in [1.54, 1.807) is 0 Å². The van der Waals surface area contributed by atoms with Gasteiger partial charge in [-0.15, -0.1) is 0 Å². The summed E-state index contributed by atoms with van der Waals surface area (Å²) < 4.78 is 0. The summed E-state index contributed by atoms with van der Waals surface area (Å²) in [5.74, 6) is 0.0282. The normalized spacial score (nSPS) is 16.7. The fourth-order valence-corrected chi connectivity index (χ4v) is 3.62.